The van der Waals surface area contributed by atoms with Crippen LogP contribution in [0.2, 0.25) is 0 Å². The van der Waals surface area contributed by atoms with Crippen molar-refractivity contribution in [2.45, 2.75) is 45.6 Å². The molecule has 0 radical (unpaired) electrons. The molecule has 12 heteroatoms. The molecule has 1 atom stereocenters. The molecular weight excluding hydrogens is 578 g/mol. The first-order valence-corrected chi connectivity index (χ1v) is 15.9. The minimum atomic E-state index is -4.01. The van der Waals surface area contributed by atoms with Gasteiger partial charge in [-0.05, 0) is 73.4 Å². The highest BCUT2D eigenvalue weighted by atomic mass is 32.2. The van der Waals surface area contributed by atoms with E-state index in [-0.39, 0.29) is 29.1 Å². The average molecular weight is 610 g/mol. The number of amides is 1. The molecule has 1 aliphatic carbocycles. The average Bonchev–Trinajstić information content (AvgIpc) is 3.22. The van der Waals surface area contributed by atoms with Gasteiger partial charge in [0.2, 0.25) is 0 Å². The van der Waals surface area contributed by atoms with Crippen molar-refractivity contribution in [1.82, 2.24) is 29.2 Å². The van der Waals surface area contributed by atoms with Crippen LogP contribution in [0.15, 0.2) is 65.7 Å². The number of nitrogens with one attached hydrogen (secondary N) is 3. The van der Waals surface area contributed by atoms with E-state index in [1.165, 1.54) is 10.7 Å². The Hall–Kier alpha value is -4.99. The Morgan fingerprint density at radius 2 is 1.86 bits per heavy atom. The predicted octanol–water partition coefficient (Wildman–Crippen LogP) is 3.65. The van der Waals surface area contributed by atoms with Crippen molar-refractivity contribution in [2.24, 2.45) is 0 Å². The number of rotatable bonds is 8. The third-order valence-corrected chi connectivity index (χ3v) is 8.93. The number of pyridine rings is 1. The summed E-state index contributed by atoms with van der Waals surface area (Å²) in [6.07, 6.45) is 12.3. The maximum Gasteiger partial charge on any atom is 0.300 e. The molecule has 224 valence electrons. The van der Waals surface area contributed by atoms with Crippen LogP contribution in [0.4, 0.5) is 5.82 Å². The van der Waals surface area contributed by atoms with Crippen LogP contribution in [0, 0.1) is 12.3 Å². The van der Waals surface area contributed by atoms with Gasteiger partial charge in [0.15, 0.2) is 11.5 Å². The second-order valence-corrected chi connectivity index (χ2v) is 12.1. The maximum atomic E-state index is 14.4. The van der Waals surface area contributed by atoms with Crippen molar-refractivity contribution in [3.63, 3.8) is 0 Å². The van der Waals surface area contributed by atoms with Gasteiger partial charge in [-0.2, -0.15) is 13.1 Å². The van der Waals surface area contributed by atoms with Gasteiger partial charge in [0.1, 0.15) is 5.56 Å². The predicted molar refractivity (Wildman–Crippen MR) is 169 cm³/mol. The molecular formula is C32H31N7O4S. The minimum absolute atomic E-state index is 0.0468. The molecule has 0 aliphatic heterocycles. The third kappa shape index (κ3) is 5.10. The summed E-state index contributed by atoms with van der Waals surface area (Å²) in [5.74, 6) is 1.92. The van der Waals surface area contributed by atoms with Gasteiger partial charge >= 0.3 is 0 Å². The highest BCUT2D eigenvalue weighted by Crippen LogP contribution is 2.35. The number of nitrogens with zero attached hydrogens (tertiary/aromatic N) is 4. The van der Waals surface area contributed by atoms with E-state index in [9.17, 15) is 18.0 Å². The third-order valence-electron chi connectivity index (χ3n) is 7.80. The molecule has 0 fully saturated rings. The van der Waals surface area contributed by atoms with Gasteiger partial charge < -0.3 is 5.32 Å². The molecule has 0 bridgehead atoms. The largest absolute Gasteiger partial charge is 0.344 e. The fourth-order valence-corrected chi connectivity index (χ4v) is 6.89. The second kappa shape index (κ2) is 11.6. The van der Waals surface area contributed by atoms with Crippen LogP contribution >= 0.6 is 0 Å². The maximum absolute atomic E-state index is 14.4. The van der Waals surface area contributed by atoms with Crippen LogP contribution in [0.25, 0.3) is 22.1 Å². The molecule has 0 spiro atoms. The highest BCUT2D eigenvalue weighted by molar-refractivity contribution is 7.90. The second-order valence-electron chi connectivity index (χ2n) is 10.6. The van der Waals surface area contributed by atoms with Crippen LogP contribution in [0.3, 0.4) is 0 Å². The fraction of sp³-hybridized carbons (Fsp3) is 0.250. The summed E-state index contributed by atoms with van der Waals surface area (Å²) in [6, 6.07) is 14.0. The van der Waals surface area contributed by atoms with Gasteiger partial charge in [-0.3, -0.25) is 18.9 Å². The van der Waals surface area contributed by atoms with Crippen LogP contribution < -0.4 is 20.3 Å². The van der Waals surface area contributed by atoms with E-state index in [1.807, 2.05) is 49.4 Å². The Labute approximate surface area is 254 Å². The van der Waals surface area contributed by atoms with Crippen molar-refractivity contribution < 1.29 is 13.2 Å². The van der Waals surface area contributed by atoms with E-state index in [1.54, 1.807) is 23.8 Å². The van der Waals surface area contributed by atoms with Crippen molar-refractivity contribution >= 4 is 38.4 Å². The van der Waals surface area contributed by atoms with E-state index in [4.69, 9.17) is 6.42 Å². The number of terminal acetylenes is 1. The number of para-hydroxylation sites is 1. The number of hydrogen-bond donors (Lipinski definition) is 3. The Kier molecular flexibility index (Phi) is 7.67. The first-order valence-electron chi connectivity index (χ1n) is 14.4. The summed E-state index contributed by atoms with van der Waals surface area (Å²) in [5.41, 5.74) is 3.67. The van der Waals surface area contributed by atoms with E-state index in [0.29, 0.717) is 28.8 Å². The Bertz CT molecular complexity index is 2130. The molecule has 0 saturated carbocycles. The monoisotopic (exact) mass is 609 g/mol. The van der Waals surface area contributed by atoms with Crippen molar-refractivity contribution in [3.05, 3.63) is 99.2 Å². The van der Waals surface area contributed by atoms with Gasteiger partial charge in [0.25, 0.3) is 21.7 Å². The van der Waals surface area contributed by atoms with Gasteiger partial charge in [-0.15, -0.1) is 11.5 Å². The van der Waals surface area contributed by atoms with Gasteiger partial charge in [0.05, 0.1) is 17.1 Å². The van der Waals surface area contributed by atoms with Crippen molar-refractivity contribution in [3.8, 4) is 18.0 Å². The molecule has 44 heavy (non-hydrogen) atoms. The summed E-state index contributed by atoms with van der Waals surface area (Å²) in [5, 5.41) is 8.66. The number of benzene rings is 2. The molecule has 3 heterocycles. The van der Waals surface area contributed by atoms with Crippen LogP contribution in [-0.4, -0.2) is 40.0 Å². The SMILES string of the molecule is C#Cc1ccc2c3c(c([C@H](C)NC(=O)c4c(NS(=O)(=O)NCC)nn5cccnc45)n(-c4ccccc4)c(=O)c13)CCCC2. The molecule has 3 aromatic heterocycles. The lowest BCUT2D eigenvalue weighted by Gasteiger charge is -2.25. The summed E-state index contributed by atoms with van der Waals surface area (Å²) in [6.45, 7) is 3.60. The molecule has 5 aromatic rings. The number of carbonyl (C=O) groups excluding carboxylic acids is 1. The molecule has 0 saturated heterocycles. The Morgan fingerprint density at radius 1 is 1.09 bits per heavy atom. The lowest BCUT2D eigenvalue weighted by molar-refractivity contribution is 0.0941. The summed E-state index contributed by atoms with van der Waals surface area (Å²) in [7, 11) is -4.01. The number of anilines is 1. The van der Waals surface area contributed by atoms with Gasteiger partial charge in [-0.1, -0.05) is 37.1 Å². The topological polar surface area (TPSA) is 139 Å². The zero-order valence-corrected chi connectivity index (χ0v) is 25.1. The lowest BCUT2D eigenvalue weighted by atomic mass is 9.92. The van der Waals surface area contributed by atoms with E-state index < -0.39 is 22.2 Å². The summed E-state index contributed by atoms with van der Waals surface area (Å²) >= 11 is 0. The normalized spacial score (nSPS) is 13.8. The number of carbonyl (C=O) groups is 1. The number of hydrogen-bond acceptors (Lipinski definition) is 6. The van der Waals surface area contributed by atoms with E-state index >= 15 is 0 Å². The molecule has 0 unspecified atom stereocenters. The zero-order chi connectivity index (χ0) is 31.0. The minimum Gasteiger partial charge on any atom is -0.344 e. The molecule has 3 N–H and O–H groups in total. The fourth-order valence-electron chi connectivity index (χ4n) is 6.04. The van der Waals surface area contributed by atoms with Crippen LogP contribution in [0.5, 0.6) is 0 Å². The quantitative estimate of drug-likeness (QED) is 0.230. The molecule has 1 amide bonds. The van der Waals surface area contributed by atoms with Crippen LogP contribution in [0.1, 0.15) is 65.5 Å². The Morgan fingerprint density at radius 3 is 2.61 bits per heavy atom. The Balaban J connectivity index is 1.54. The highest BCUT2D eigenvalue weighted by Gasteiger charge is 2.30. The molecule has 1 aliphatic rings. The van der Waals surface area contributed by atoms with E-state index in [0.717, 1.165) is 35.8 Å². The van der Waals surface area contributed by atoms with Gasteiger partial charge in [-0.25, -0.2) is 9.50 Å². The van der Waals surface area contributed by atoms with Crippen molar-refractivity contribution in [1.29, 1.82) is 0 Å². The number of fused-ring (bicyclic) bond motifs is 1. The summed E-state index contributed by atoms with van der Waals surface area (Å²) in [4.78, 5) is 32.7. The first-order chi connectivity index (χ1) is 21.2. The smallest absolute Gasteiger partial charge is 0.300 e. The first kappa shape index (κ1) is 29.1. The zero-order valence-electron chi connectivity index (χ0n) is 24.3. The summed E-state index contributed by atoms with van der Waals surface area (Å²) < 4.78 is 32.9. The number of aryl methyl sites for hydroxylation is 2. The van der Waals surface area contributed by atoms with Crippen LogP contribution in [-0.2, 0) is 23.1 Å². The van der Waals surface area contributed by atoms with Crippen molar-refractivity contribution in [2.75, 3.05) is 11.3 Å². The standard InChI is InChI=1S/C32H31N7O4S/c1-4-21-16-17-22-12-9-10-15-24-25(22)26(21)32(41)39(23-13-7-6-8-14-23)28(24)20(3)35-31(40)27-29(37-44(42,43)34-5-2)36-38-19-11-18-33-30(27)38/h1,6-8,11,13-14,16-20,34H,5,9-10,12,15H2,2-3H3,(H,35,40)(H,36,37)/t20-/m0/s1. The van der Waals surface area contributed by atoms with E-state index in [2.05, 4.69) is 30.8 Å². The molecule has 6 rings (SSSR count). The molecule has 11 nitrogen and oxygen atoms in total. The van der Waals surface area contributed by atoms with Gasteiger partial charge in [0, 0.05) is 30.2 Å². The lowest BCUT2D eigenvalue weighted by Crippen LogP contribution is -2.35. The molecule has 2 aromatic carbocycles. The number of aromatic nitrogens is 4.